The van der Waals surface area contributed by atoms with Crippen LogP contribution < -0.4 is 10.2 Å². The molecule has 5 nitrogen and oxygen atoms in total. The molecule has 25 heavy (non-hydrogen) atoms. The van der Waals surface area contributed by atoms with E-state index in [1.54, 1.807) is 30.3 Å². The van der Waals surface area contributed by atoms with Gasteiger partial charge in [-0.1, -0.05) is 30.3 Å². The molecule has 0 atom stereocenters. The Morgan fingerprint density at radius 2 is 1.84 bits per heavy atom. The summed E-state index contributed by atoms with van der Waals surface area (Å²) in [5, 5.41) is 3.88. The molecule has 0 saturated carbocycles. The van der Waals surface area contributed by atoms with E-state index in [0.29, 0.717) is 23.7 Å². The Morgan fingerprint density at radius 1 is 1.08 bits per heavy atom. The van der Waals surface area contributed by atoms with Crippen LogP contribution in [0.3, 0.4) is 0 Å². The number of benzene rings is 2. The molecule has 0 fully saturated rings. The molecule has 0 spiro atoms. The van der Waals surface area contributed by atoms with Crippen LogP contribution in [0.15, 0.2) is 76.2 Å². The van der Waals surface area contributed by atoms with Gasteiger partial charge < -0.3 is 9.15 Å². The minimum Gasteiger partial charge on any atom is -0.489 e. The molecule has 0 aliphatic heterocycles. The van der Waals surface area contributed by atoms with Crippen molar-refractivity contribution in [1.29, 1.82) is 0 Å². The SMILES string of the molecule is Cc1ccc(/C=N/NC(=O)c2ccc(OCc3ccccc3)cc2)o1. The third-order valence-corrected chi connectivity index (χ3v) is 3.48. The number of nitrogens with one attached hydrogen (secondary N) is 1. The number of furan rings is 1. The lowest BCUT2D eigenvalue weighted by Crippen LogP contribution is -2.17. The summed E-state index contributed by atoms with van der Waals surface area (Å²) in [6.07, 6.45) is 1.46. The topological polar surface area (TPSA) is 63.8 Å². The van der Waals surface area contributed by atoms with Gasteiger partial charge >= 0.3 is 0 Å². The van der Waals surface area contributed by atoms with Gasteiger partial charge in [0.1, 0.15) is 23.9 Å². The second kappa shape index (κ2) is 7.97. The Hall–Kier alpha value is -3.34. The average Bonchev–Trinajstić information content (AvgIpc) is 3.06. The van der Waals surface area contributed by atoms with Crippen molar-refractivity contribution in [2.24, 2.45) is 5.10 Å². The Morgan fingerprint density at radius 3 is 2.52 bits per heavy atom. The van der Waals surface area contributed by atoms with Gasteiger partial charge in [-0.2, -0.15) is 5.10 Å². The van der Waals surface area contributed by atoms with Crippen molar-refractivity contribution in [1.82, 2.24) is 5.43 Å². The Kier molecular flexibility index (Phi) is 5.26. The molecule has 0 aliphatic carbocycles. The number of hydrogen-bond donors (Lipinski definition) is 1. The number of hydrogen-bond acceptors (Lipinski definition) is 4. The molecule has 3 aromatic rings. The van der Waals surface area contributed by atoms with Crippen LogP contribution >= 0.6 is 0 Å². The summed E-state index contributed by atoms with van der Waals surface area (Å²) in [4.78, 5) is 12.0. The smallest absolute Gasteiger partial charge is 0.271 e. The first-order valence-electron chi connectivity index (χ1n) is 7.87. The van der Waals surface area contributed by atoms with Crippen molar-refractivity contribution in [2.75, 3.05) is 0 Å². The maximum Gasteiger partial charge on any atom is 0.271 e. The molecule has 3 rings (SSSR count). The fourth-order valence-electron chi connectivity index (χ4n) is 2.19. The molecular weight excluding hydrogens is 316 g/mol. The van der Waals surface area contributed by atoms with Gasteiger partial charge in [-0.15, -0.1) is 0 Å². The van der Waals surface area contributed by atoms with Crippen LogP contribution in [0.5, 0.6) is 5.75 Å². The Balaban J connectivity index is 1.52. The fourth-order valence-corrected chi connectivity index (χ4v) is 2.19. The molecule has 0 bridgehead atoms. The van der Waals surface area contributed by atoms with Gasteiger partial charge in [0.2, 0.25) is 0 Å². The van der Waals surface area contributed by atoms with Crippen LogP contribution in [0.4, 0.5) is 0 Å². The van der Waals surface area contributed by atoms with E-state index in [2.05, 4.69) is 10.5 Å². The van der Waals surface area contributed by atoms with E-state index < -0.39 is 0 Å². The van der Waals surface area contributed by atoms with Crippen LogP contribution in [0.2, 0.25) is 0 Å². The average molecular weight is 334 g/mol. The molecule has 1 aromatic heterocycles. The molecule has 0 unspecified atom stereocenters. The summed E-state index contributed by atoms with van der Waals surface area (Å²) >= 11 is 0. The summed E-state index contributed by atoms with van der Waals surface area (Å²) in [7, 11) is 0. The van der Waals surface area contributed by atoms with E-state index in [1.807, 2.05) is 43.3 Å². The number of aryl methyl sites for hydroxylation is 1. The largest absolute Gasteiger partial charge is 0.489 e. The number of nitrogens with zero attached hydrogens (tertiary/aromatic N) is 1. The molecule has 5 heteroatoms. The van der Waals surface area contributed by atoms with Crippen molar-refractivity contribution in [3.8, 4) is 5.75 Å². The van der Waals surface area contributed by atoms with E-state index in [4.69, 9.17) is 9.15 Å². The molecule has 2 aromatic carbocycles. The van der Waals surface area contributed by atoms with Crippen LogP contribution in [0.25, 0.3) is 0 Å². The van der Waals surface area contributed by atoms with Crippen LogP contribution in [-0.2, 0) is 6.61 Å². The lowest BCUT2D eigenvalue weighted by molar-refractivity contribution is 0.0955. The molecule has 126 valence electrons. The van der Waals surface area contributed by atoms with Crippen molar-refractivity contribution >= 4 is 12.1 Å². The molecule has 1 heterocycles. The van der Waals surface area contributed by atoms with E-state index in [-0.39, 0.29) is 5.91 Å². The monoisotopic (exact) mass is 334 g/mol. The fraction of sp³-hybridized carbons (Fsp3) is 0.100. The predicted molar refractivity (Wildman–Crippen MR) is 95.7 cm³/mol. The molecular formula is C20H18N2O3. The summed E-state index contributed by atoms with van der Waals surface area (Å²) in [6.45, 7) is 2.33. The predicted octanol–water partition coefficient (Wildman–Crippen LogP) is 3.93. The highest BCUT2D eigenvalue weighted by atomic mass is 16.5. The molecule has 1 N–H and O–H groups in total. The maximum atomic E-state index is 12.0. The zero-order valence-corrected chi connectivity index (χ0v) is 13.8. The van der Waals surface area contributed by atoms with Crippen LogP contribution in [0, 0.1) is 6.92 Å². The van der Waals surface area contributed by atoms with E-state index in [0.717, 1.165) is 11.3 Å². The number of hydrazone groups is 1. The normalized spacial score (nSPS) is 10.8. The highest BCUT2D eigenvalue weighted by Crippen LogP contribution is 2.14. The van der Waals surface area contributed by atoms with E-state index >= 15 is 0 Å². The molecule has 0 radical (unpaired) electrons. The zero-order chi connectivity index (χ0) is 17.5. The van der Waals surface area contributed by atoms with E-state index in [1.165, 1.54) is 6.21 Å². The van der Waals surface area contributed by atoms with Gasteiger partial charge in [0, 0.05) is 5.56 Å². The second-order valence-corrected chi connectivity index (χ2v) is 5.45. The molecule has 0 saturated heterocycles. The second-order valence-electron chi connectivity index (χ2n) is 5.45. The lowest BCUT2D eigenvalue weighted by atomic mass is 10.2. The van der Waals surface area contributed by atoms with Crippen molar-refractivity contribution in [2.45, 2.75) is 13.5 Å². The number of carbonyl (C=O) groups is 1. The highest BCUT2D eigenvalue weighted by Gasteiger charge is 2.05. The summed E-state index contributed by atoms with van der Waals surface area (Å²) < 4.78 is 11.0. The van der Waals surface area contributed by atoms with Crippen molar-refractivity contribution < 1.29 is 13.9 Å². The van der Waals surface area contributed by atoms with Crippen LogP contribution in [-0.4, -0.2) is 12.1 Å². The first kappa shape index (κ1) is 16.5. The van der Waals surface area contributed by atoms with Gasteiger partial charge in [0.05, 0.1) is 6.21 Å². The minimum atomic E-state index is -0.297. The molecule has 0 aliphatic rings. The van der Waals surface area contributed by atoms with E-state index in [9.17, 15) is 4.79 Å². The van der Waals surface area contributed by atoms with Gasteiger partial charge in [-0.25, -0.2) is 5.43 Å². The number of ether oxygens (including phenoxy) is 1. The number of carbonyl (C=O) groups excluding carboxylic acids is 1. The first-order valence-corrected chi connectivity index (χ1v) is 7.87. The maximum absolute atomic E-state index is 12.0. The summed E-state index contributed by atoms with van der Waals surface area (Å²) in [5.74, 6) is 1.78. The van der Waals surface area contributed by atoms with Gasteiger partial charge in [-0.05, 0) is 48.9 Å². The first-order chi connectivity index (χ1) is 12.2. The van der Waals surface area contributed by atoms with Gasteiger partial charge in [0.15, 0.2) is 0 Å². The summed E-state index contributed by atoms with van der Waals surface area (Å²) in [5.41, 5.74) is 4.05. The lowest BCUT2D eigenvalue weighted by Gasteiger charge is -2.07. The number of amides is 1. The highest BCUT2D eigenvalue weighted by molar-refractivity contribution is 5.94. The third kappa shape index (κ3) is 4.81. The minimum absolute atomic E-state index is 0.297. The van der Waals surface area contributed by atoms with Crippen LogP contribution in [0.1, 0.15) is 27.4 Å². The van der Waals surface area contributed by atoms with Gasteiger partial charge in [-0.3, -0.25) is 4.79 Å². The number of rotatable bonds is 6. The molecule has 1 amide bonds. The quantitative estimate of drug-likeness (QED) is 0.549. The van der Waals surface area contributed by atoms with Gasteiger partial charge in [0.25, 0.3) is 5.91 Å². The van der Waals surface area contributed by atoms with Crippen molar-refractivity contribution in [3.05, 3.63) is 89.4 Å². The third-order valence-electron chi connectivity index (χ3n) is 3.48. The van der Waals surface area contributed by atoms with Crippen molar-refractivity contribution in [3.63, 3.8) is 0 Å². The summed E-state index contributed by atoms with van der Waals surface area (Å²) in [6, 6.07) is 20.4. The Labute approximate surface area is 145 Å². The standard InChI is InChI=1S/C20H18N2O3/c1-15-7-10-19(25-15)13-21-22-20(23)17-8-11-18(12-9-17)24-14-16-5-3-2-4-6-16/h2-13H,14H2,1H3,(H,22,23)/b21-13+. The zero-order valence-electron chi connectivity index (χ0n) is 13.8. The Bertz CT molecular complexity index is 852.